The summed E-state index contributed by atoms with van der Waals surface area (Å²) in [7, 11) is 3.51. The van der Waals surface area contributed by atoms with Crippen LogP contribution in [-0.4, -0.2) is 27.6 Å². The average molecular weight is 358 g/mol. The van der Waals surface area contributed by atoms with Gasteiger partial charge in [0.2, 0.25) is 0 Å². The number of amides is 1. The second-order valence-corrected chi connectivity index (χ2v) is 6.11. The Kier molecular flexibility index (Phi) is 4.30. The molecule has 0 saturated carbocycles. The summed E-state index contributed by atoms with van der Waals surface area (Å²) >= 11 is 0. The quantitative estimate of drug-likeness (QED) is 0.601. The van der Waals surface area contributed by atoms with E-state index in [1.165, 1.54) is 0 Å². The molecule has 2 aromatic carbocycles. The number of carbonyl (C=O) groups excluding carboxylic acids is 1. The number of aromatic nitrogens is 3. The highest BCUT2D eigenvalue weighted by Gasteiger charge is 2.13. The lowest BCUT2D eigenvalue weighted by Crippen LogP contribution is -2.12. The normalized spacial score (nSPS) is 10.7. The standard InChI is InChI=1S/C21H18N4O2/c1-25-19(24-18-10-5-11-22-20(18)25)14-6-3-7-15(12-14)21(26)23-16-8-4-9-17(13-16)27-2/h3-13H,1-2H3,(H,23,26). The second-order valence-electron chi connectivity index (χ2n) is 6.11. The molecule has 0 unspecified atom stereocenters. The van der Waals surface area contributed by atoms with Gasteiger partial charge in [-0.1, -0.05) is 18.2 Å². The van der Waals surface area contributed by atoms with Crippen molar-refractivity contribution in [1.29, 1.82) is 0 Å². The number of nitrogens with one attached hydrogen (secondary N) is 1. The van der Waals surface area contributed by atoms with E-state index in [-0.39, 0.29) is 5.91 Å². The van der Waals surface area contributed by atoms with Crippen molar-refractivity contribution < 1.29 is 9.53 Å². The van der Waals surface area contributed by atoms with E-state index < -0.39 is 0 Å². The highest BCUT2D eigenvalue weighted by Crippen LogP contribution is 2.24. The van der Waals surface area contributed by atoms with Gasteiger partial charge in [-0.25, -0.2) is 9.97 Å². The first-order valence-corrected chi connectivity index (χ1v) is 8.49. The molecule has 6 nitrogen and oxygen atoms in total. The third-order valence-electron chi connectivity index (χ3n) is 4.34. The van der Waals surface area contributed by atoms with E-state index in [4.69, 9.17) is 4.74 Å². The Hall–Kier alpha value is -3.67. The Morgan fingerprint density at radius 3 is 2.74 bits per heavy atom. The summed E-state index contributed by atoms with van der Waals surface area (Å²) in [5.41, 5.74) is 3.71. The lowest BCUT2D eigenvalue weighted by molar-refractivity contribution is 0.102. The first-order valence-electron chi connectivity index (χ1n) is 8.49. The minimum atomic E-state index is -0.193. The van der Waals surface area contributed by atoms with Crippen molar-refractivity contribution in [2.45, 2.75) is 0 Å². The number of methoxy groups -OCH3 is 1. The minimum Gasteiger partial charge on any atom is -0.497 e. The molecule has 4 rings (SSSR count). The van der Waals surface area contributed by atoms with Crippen LogP contribution in [-0.2, 0) is 7.05 Å². The van der Waals surface area contributed by atoms with Crippen LogP contribution in [0.4, 0.5) is 5.69 Å². The number of carbonyl (C=O) groups is 1. The Balaban J connectivity index is 1.65. The SMILES string of the molecule is COc1cccc(NC(=O)c2cccc(-c3nc4cccnc4n3C)c2)c1. The van der Waals surface area contributed by atoms with E-state index in [9.17, 15) is 4.79 Å². The smallest absolute Gasteiger partial charge is 0.255 e. The fourth-order valence-electron chi connectivity index (χ4n) is 2.99. The number of hydrogen-bond acceptors (Lipinski definition) is 4. The summed E-state index contributed by atoms with van der Waals surface area (Å²) in [5.74, 6) is 1.26. The number of rotatable bonds is 4. The van der Waals surface area contributed by atoms with Crippen LogP contribution < -0.4 is 10.1 Å². The summed E-state index contributed by atoms with van der Waals surface area (Å²) in [6.45, 7) is 0. The maximum Gasteiger partial charge on any atom is 0.255 e. The number of ether oxygens (including phenoxy) is 1. The molecule has 134 valence electrons. The molecule has 6 heteroatoms. The first-order chi connectivity index (χ1) is 13.2. The number of imidazole rings is 1. The molecule has 0 bridgehead atoms. The molecule has 1 amide bonds. The molecule has 0 spiro atoms. The summed E-state index contributed by atoms with van der Waals surface area (Å²) < 4.78 is 7.12. The lowest BCUT2D eigenvalue weighted by Gasteiger charge is -2.08. The molecule has 0 atom stereocenters. The fourth-order valence-corrected chi connectivity index (χ4v) is 2.99. The predicted molar refractivity (Wildman–Crippen MR) is 105 cm³/mol. The molecule has 0 aliphatic heterocycles. The number of pyridine rings is 1. The zero-order chi connectivity index (χ0) is 18.8. The van der Waals surface area contributed by atoms with Crippen molar-refractivity contribution in [2.24, 2.45) is 7.05 Å². The Morgan fingerprint density at radius 1 is 1.07 bits per heavy atom. The van der Waals surface area contributed by atoms with Crippen LogP contribution in [0.1, 0.15) is 10.4 Å². The van der Waals surface area contributed by atoms with Gasteiger partial charge in [0.1, 0.15) is 17.1 Å². The van der Waals surface area contributed by atoms with Crippen LogP contribution in [0, 0.1) is 0 Å². The van der Waals surface area contributed by atoms with Crippen LogP contribution >= 0.6 is 0 Å². The maximum atomic E-state index is 12.7. The van der Waals surface area contributed by atoms with E-state index in [1.54, 1.807) is 25.4 Å². The van der Waals surface area contributed by atoms with Gasteiger partial charge in [0.25, 0.3) is 5.91 Å². The van der Waals surface area contributed by atoms with Gasteiger partial charge in [0.05, 0.1) is 7.11 Å². The molecule has 2 aromatic heterocycles. The van der Waals surface area contributed by atoms with Gasteiger partial charge in [-0.2, -0.15) is 0 Å². The number of fused-ring (bicyclic) bond motifs is 1. The molecule has 0 aliphatic carbocycles. The second kappa shape index (κ2) is 6.92. The number of nitrogens with zero attached hydrogens (tertiary/aromatic N) is 3. The molecule has 0 aliphatic rings. The highest BCUT2D eigenvalue weighted by molar-refractivity contribution is 6.05. The van der Waals surface area contributed by atoms with Gasteiger partial charge >= 0.3 is 0 Å². The lowest BCUT2D eigenvalue weighted by atomic mass is 10.1. The summed E-state index contributed by atoms with van der Waals surface area (Å²) in [5, 5.41) is 2.89. The zero-order valence-electron chi connectivity index (χ0n) is 15.0. The first kappa shape index (κ1) is 16.8. The van der Waals surface area contributed by atoms with Crippen molar-refractivity contribution in [3.8, 4) is 17.1 Å². The van der Waals surface area contributed by atoms with Crippen molar-refractivity contribution in [1.82, 2.24) is 14.5 Å². The third kappa shape index (κ3) is 3.25. The zero-order valence-corrected chi connectivity index (χ0v) is 15.0. The maximum absolute atomic E-state index is 12.7. The Labute approximate surface area is 156 Å². The molecular formula is C21H18N4O2. The molecule has 0 fully saturated rings. The van der Waals surface area contributed by atoms with Crippen molar-refractivity contribution in [3.63, 3.8) is 0 Å². The van der Waals surface area contributed by atoms with Crippen molar-refractivity contribution in [3.05, 3.63) is 72.4 Å². The van der Waals surface area contributed by atoms with Crippen LogP contribution in [0.15, 0.2) is 66.9 Å². The molecule has 0 radical (unpaired) electrons. The van der Waals surface area contributed by atoms with Crippen LogP contribution in [0.2, 0.25) is 0 Å². The van der Waals surface area contributed by atoms with Gasteiger partial charge in [0.15, 0.2) is 5.65 Å². The van der Waals surface area contributed by atoms with E-state index in [0.29, 0.717) is 17.0 Å². The molecular weight excluding hydrogens is 340 g/mol. The number of aryl methyl sites for hydroxylation is 1. The fraction of sp³-hybridized carbons (Fsp3) is 0.0952. The van der Waals surface area contributed by atoms with Crippen LogP contribution in [0.25, 0.3) is 22.6 Å². The van der Waals surface area contributed by atoms with E-state index in [0.717, 1.165) is 22.6 Å². The summed E-state index contributed by atoms with van der Waals surface area (Å²) in [6.07, 6.45) is 1.74. The van der Waals surface area contributed by atoms with Gasteiger partial charge in [0, 0.05) is 36.1 Å². The topological polar surface area (TPSA) is 69.0 Å². The monoisotopic (exact) mass is 358 g/mol. The highest BCUT2D eigenvalue weighted by atomic mass is 16.5. The number of benzene rings is 2. The van der Waals surface area contributed by atoms with Crippen molar-refractivity contribution in [2.75, 3.05) is 12.4 Å². The molecule has 2 heterocycles. The van der Waals surface area contributed by atoms with Crippen molar-refractivity contribution >= 4 is 22.8 Å². The number of anilines is 1. The van der Waals surface area contributed by atoms with Gasteiger partial charge in [-0.15, -0.1) is 0 Å². The number of hydrogen-bond donors (Lipinski definition) is 1. The summed E-state index contributed by atoms with van der Waals surface area (Å²) in [4.78, 5) is 21.7. The molecule has 1 N–H and O–H groups in total. The van der Waals surface area contributed by atoms with Crippen LogP contribution in [0.5, 0.6) is 5.75 Å². The Morgan fingerprint density at radius 2 is 1.93 bits per heavy atom. The largest absolute Gasteiger partial charge is 0.497 e. The molecule has 27 heavy (non-hydrogen) atoms. The molecule has 0 saturated heterocycles. The van der Waals surface area contributed by atoms with E-state index >= 15 is 0 Å². The van der Waals surface area contributed by atoms with Gasteiger partial charge in [-0.05, 0) is 36.4 Å². The Bertz CT molecular complexity index is 1130. The average Bonchev–Trinajstić information content (AvgIpc) is 3.05. The van der Waals surface area contributed by atoms with Gasteiger partial charge < -0.3 is 14.6 Å². The van der Waals surface area contributed by atoms with E-state index in [1.807, 2.05) is 60.1 Å². The van der Waals surface area contributed by atoms with Gasteiger partial charge in [-0.3, -0.25) is 4.79 Å². The van der Waals surface area contributed by atoms with E-state index in [2.05, 4.69) is 15.3 Å². The third-order valence-corrected chi connectivity index (χ3v) is 4.34. The molecule has 4 aromatic rings. The predicted octanol–water partition coefficient (Wildman–Crippen LogP) is 3.90. The summed E-state index contributed by atoms with van der Waals surface area (Å²) in [6, 6.07) is 18.4. The minimum absolute atomic E-state index is 0.193. The van der Waals surface area contributed by atoms with Crippen LogP contribution in [0.3, 0.4) is 0 Å².